The Morgan fingerprint density at radius 3 is 2.22 bits per heavy atom. The van der Waals surface area contributed by atoms with Gasteiger partial charge < -0.3 is 20.3 Å². The molecule has 7 nitrogen and oxygen atoms in total. The van der Waals surface area contributed by atoms with Crippen LogP contribution in [0.5, 0.6) is 5.75 Å². The predicted molar refractivity (Wildman–Crippen MR) is 181 cm³/mol. The number of carbonyl (C=O) groups excluding carboxylic acids is 2. The SMILES string of the molecule is CC[C@H]1CN(C(=O)[C@]2(F)CN(C3CCC(C)CC3)C[C@H]2c2ccc(OC)cc2)C[C@@H]1c1ccc(C(F)(F)F)cc1N1CCC(C(N)=O)CC1. The van der Waals surface area contributed by atoms with Gasteiger partial charge in [0.05, 0.1) is 12.7 Å². The number of piperidine rings is 1. The van der Waals surface area contributed by atoms with E-state index in [1.165, 1.54) is 6.07 Å². The number of ether oxygens (including phenoxy) is 1. The van der Waals surface area contributed by atoms with Gasteiger partial charge in [-0.15, -0.1) is 0 Å². The second kappa shape index (κ2) is 14.1. The average molecular weight is 687 g/mol. The molecule has 2 aromatic rings. The summed E-state index contributed by atoms with van der Waals surface area (Å²) in [5.41, 5.74) is 4.61. The first-order chi connectivity index (χ1) is 23.3. The second-order valence-corrected chi connectivity index (χ2v) is 15.0. The minimum absolute atomic E-state index is 0.0277. The number of nitrogens with zero attached hydrogens (tertiary/aromatic N) is 3. The number of halogens is 4. The van der Waals surface area contributed by atoms with Crippen molar-refractivity contribution in [2.75, 3.05) is 51.3 Å². The number of hydrogen-bond donors (Lipinski definition) is 1. The van der Waals surface area contributed by atoms with E-state index in [0.717, 1.165) is 42.9 Å². The fourth-order valence-corrected chi connectivity index (χ4v) is 8.94. The van der Waals surface area contributed by atoms with Crippen molar-refractivity contribution in [2.45, 2.75) is 88.5 Å². The molecule has 1 saturated carbocycles. The molecule has 49 heavy (non-hydrogen) atoms. The molecule has 4 fully saturated rings. The van der Waals surface area contributed by atoms with Crippen LogP contribution in [0.25, 0.3) is 0 Å². The summed E-state index contributed by atoms with van der Waals surface area (Å²) in [5.74, 6) is -0.898. The minimum Gasteiger partial charge on any atom is -0.497 e. The Balaban J connectivity index is 1.29. The highest BCUT2D eigenvalue weighted by Crippen LogP contribution is 2.47. The van der Waals surface area contributed by atoms with Gasteiger partial charge in [-0.05, 0) is 85.8 Å². The number of benzene rings is 2. The number of likely N-dealkylation sites (tertiary alicyclic amines) is 2. The molecule has 0 aromatic heterocycles. The fraction of sp³-hybridized carbons (Fsp3) is 0.632. The molecule has 0 radical (unpaired) electrons. The Hall–Kier alpha value is -3.34. The van der Waals surface area contributed by atoms with Crippen molar-refractivity contribution in [1.82, 2.24) is 9.80 Å². The van der Waals surface area contributed by atoms with Crippen molar-refractivity contribution in [1.29, 1.82) is 0 Å². The Morgan fingerprint density at radius 2 is 1.63 bits per heavy atom. The van der Waals surface area contributed by atoms with Crippen LogP contribution in [-0.4, -0.2) is 79.7 Å². The monoisotopic (exact) mass is 686 g/mol. The topological polar surface area (TPSA) is 79.1 Å². The number of nitrogens with two attached hydrogens (primary N) is 1. The number of anilines is 1. The highest BCUT2D eigenvalue weighted by Gasteiger charge is 2.57. The van der Waals surface area contributed by atoms with E-state index in [1.807, 2.05) is 36.1 Å². The van der Waals surface area contributed by atoms with Gasteiger partial charge in [-0.3, -0.25) is 14.5 Å². The van der Waals surface area contributed by atoms with Crippen LogP contribution < -0.4 is 15.4 Å². The van der Waals surface area contributed by atoms with E-state index in [1.54, 1.807) is 18.1 Å². The predicted octanol–water partition coefficient (Wildman–Crippen LogP) is 6.75. The fourth-order valence-electron chi connectivity index (χ4n) is 8.94. The maximum Gasteiger partial charge on any atom is 0.416 e. The van der Waals surface area contributed by atoms with Crippen molar-refractivity contribution >= 4 is 17.5 Å². The van der Waals surface area contributed by atoms with Gasteiger partial charge in [0, 0.05) is 68.8 Å². The van der Waals surface area contributed by atoms with Crippen molar-refractivity contribution in [3.8, 4) is 5.75 Å². The van der Waals surface area contributed by atoms with Gasteiger partial charge in [0.25, 0.3) is 5.91 Å². The van der Waals surface area contributed by atoms with Crippen LogP contribution in [0.1, 0.15) is 87.3 Å². The maximum absolute atomic E-state index is 17.8. The van der Waals surface area contributed by atoms with E-state index < -0.39 is 35.1 Å². The molecule has 6 rings (SSSR count). The molecule has 4 aliphatic rings. The van der Waals surface area contributed by atoms with Crippen LogP contribution in [-0.2, 0) is 15.8 Å². The largest absolute Gasteiger partial charge is 0.497 e. The normalized spacial score (nSPS) is 30.1. The number of hydrogen-bond acceptors (Lipinski definition) is 5. The van der Waals surface area contributed by atoms with E-state index >= 15 is 4.39 Å². The van der Waals surface area contributed by atoms with Crippen molar-refractivity contribution < 1.29 is 31.9 Å². The van der Waals surface area contributed by atoms with Crippen molar-refractivity contribution in [3.05, 3.63) is 59.2 Å². The molecule has 0 unspecified atom stereocenters. The summed E-state index contributed by atoms with van der Waals surface area (Å²) in [5, 5.41) is 0. The molecule has 3 heterocycles. The lowest BCUT2D eigenvalue weighted by molar-refractivity contribution is -0.143. The Labute approximate surface area is 287 Å². The summed E-state index contributed by atoms with van der Waals surface area (Å²) in [7, 11) is 1.58. The first kappa shape index (κ1) is 35.5. The lowest BCUT2D eigenvalue weighted by atomic mass is 9.84. The van der Waals surface area contributed by atoms with Gasteiger partial charge in [-0.1, -0.05) is 38.5 Å². The van der Waals surface area contributed by atoms with E-state index in [-0.39, 0.29) is 36.9 Å². The smallest absolute Gasteiger partial charge is 0.416 e. The van der Waals surface area contributed by atoms with Crippen LogP contribution in [0.4, 0.5) is 23.2 Å². The molecular weight excluding hydrogens is 636 g/mol. The quantitative estimate of drug-likeness (QED) is 0.311. The molecule has 2 amide bonds. The molecule has 1 aliphatic carbocycles. The summed E-state index contributed by atoms with van der Waals surface area (Å²) >= 11 is 0. The molecule has 11 heteroatoms. The van der Waals surface area contributed by atoms with Crippen molar-refractivity contribution in [2.24, 2.45) is 23.5 Å². The van der Waals surface area contributed by atoms with E-state index in [9.17, 15) is 22.8 Å². The van der Waals surface area contributed by atoms with Crippen LogP contribution in [0, 0.1) is 17.8 Å². The summed E-state index contributed by atoms with van der Waals surface area (Å²) in [6.07, 6.45) is 1.23. The minimum atomic E-state index is -4.53. The van der Waals surface area contributed by atoms with E-state index in [4.69, 9.17) is 10.5 Å². The molecular formula is C38H50F4N4O3. The molecule has 0 spiro atoms. The number of alkyl halides is 4. The number of methoxy groups -OCH3 is 1. The van der Waals surface area contributed by atoms with Gasteiger partial charge in [0.1, 0.15) is 5.75 Å². The molecule has 0 bridgehead atoms. The third-order valence-electron chi connectivity index (χ3n) is 12.0. The zero-order chi connectivity index (χ0) is 35.1. The molecule has 4 atom stereocenters. The summed E-state index contributed by atoms with van der Waals surface area (Å²) in [4.78, 5) is 32.1. The van der Waals surface area contributed by atoms with Gasteiger partial charge in [0.15, 0.2) is 0 Å². The van der Waals surface area contributed by atoms with Gasteiger partial charge in [0.2, 0.25) is 11.6 Å². The van der Waals surface area contributed by atoms with Gasteiger partial charge in [-0.2, -0.15) is 13.2 Å². The molecule has 2 N–H and O–H groups in total. The third-order valence-corrected chi connectivity index (χ3v) is 12.0. The van der Waals surface area contributed by atoms with Crippen molar-refractivity contribution in [3.63, 3.8) is 0 Å². The molecule has 2 aromatic carbocycles. The van der Waals surface area contributed by atoms with E-state index in [0.29, 0.717) is 62.8 Å². The van der Waals surface area contributed by atoms with Gasteiger partial charge in [-0.25, -0.2) is 4.39 Å². The van der Waals surface area contributed by atoms with Crippen LogP contribution in [0.15, 0.2) is 42.5 Å². The van der Waals surface area contributed by atoms with Crippen LogP contribution in [0.3, 0.4) is 0 Å². The molecule has 3 saturated heterocycles. The second-order valence-electron chi connectivity index (χ2n) is 15.0. The zero-order valence-corrected chi connectivity index (χ0v) is 28.9. The van der Waals surface area contributed by atoms with Crippen LogP contribution >= 0.6 is 0 Å². The lowest BCUT2D eigenvalue weighted by Gasteiger charge is -2.35. The number of primary amides is 1. The lowest BCUT2D eigenvalue weighted by Crippen LogP contribution is -2.50. The Morgan fingerprint density at radius 1 is 0.959 bits per heavy atom. The third kappa shape index (κ3) is 7.14. The maximum atomic E-state index is 17.8. The average Bonchev–Trinajstić information content (AvgIpc) is 3.69. The Bertz CT molecular complexity index is 1490. The molecule has 268 valence electrons. The standard InChI is InChI=1S/C38H50F4N4O3/c1-4-25-20-45(21-32(25)31-14-9-28(38(40,41)42)19-34(31)44-17-15-27(16-18-44)35(43)47)36(48)37(39)23-46(29-10-5-24(2)6-11-29)22-33(37)26-7-12-30(49-3)13-8-26/h7-9,12-14,19,24-25,27,29,32-33H,4-6,10-11,15-18,20-23H2,1-3H3,(H2,43,47)/t24?,25-,29?,32-,33-,37-/m0/s1. The summed E-state index contributed by atoms with van der Waals surface area (Å²) < 4.78 is 65.0. The van der Waals surface area contributed by atoms with Crippen LogP contribution in [0.2, 0.25) is 0 Å². The summed E-state index contributed by atoms with van der Waals surface area (Å²) in [6.45, 7) is 6.12. The summed E-state index contributed by atoms with van der Waals surface area (Å²) in [6, 6.07) is 11.4. The van der Waals surface area contributed by atoms with Gasteiger partial charge >= 0.3 is 6.18 Å². The molecule has 3 aliphatic heterocycles. The number of rotatable bonds is 8. The first-order valence-electron chi connectivity index (χ1n) is 17.9. The highest BCUT2D eigenvalue weighted by atomic mass is 19.4. The Kier molecular flexibility index (Phi) is 10.2. The van der Waals surface area contributed by atoms with E-state index in [2.05, 4.69) is 11.8 Å². The number of carbonyl (C=O) groups is 2. The first-order valence-corrected chi connectivity index (χ1v) is 17.9. The zero-order valence-electron chi connectivity index (χ0n) is 28.9. The highest BCUT2D eigenvalue weighted by molar-refractivity contribution is 5.88. The number of amides is 2.